The number of amides is 1. The smallest absolute Gasteiger partial charge is 0.257 e. The summed E-state index contributed by atoms with van der Waals surface area (Å²) >= 11 is 5.76. The molecule has 20 heavy (non-hydrogen) atoms. The van der Waals surface area contributed by atoms with Crippen LogP contribution in [0.1, 0.15) is 24.2 Å². The fourth-order valence-corrected chi connectivity index (χ4v) is 2.57. The van der Waals surface area contributed by atoms with Crippen molar-refractivity contribution in [3.63, 3.8) is 0 Å². The number of carbonyl (C=O) groups excluding carboxylic acids is 1. The van der Waals surface area contributed by atoms with Crippen molar-refractivity contribution in [3.05, 3.63) is 28.8 Å². The summed E-state index contributed by atoms with van der Waals surface area (Å²) in [5.74, 6) is -0.443. The number of halogens is 1. The van der Waals surface area contributed by atoms with Crippen molar-refractivity contribution in [2.24, 2.45) is 0 Å². The SMILES string of the molecule is CC1(C)CN(C(=O)c2ccc(Cl)cc2O)CC(CO)O1. The standard InChI is InChI=1S/C14H18ClNO4/c1-14(2)8-16(6-10(7-17)20-14)13(19)11-4-3-9(15)5-12(11)18/h3-5,10,17-18H,6-8H2,1-2H3. The van der Waals surface area contributed by atoms with Gasteiger partial charge in [0.05, 0.1) is 23.9 Å². The van der Waals surface area contributed by atoms with E-state index in [0.717, 1.165) is 0 Å². The highest BCUT2D eigenvalue weighted by Gasteiger charge is 2.36. The van der Waals surface area contributed by atoms with E-state index in [-0.39, 0.29) is 23.8 Å². The number of benzene rings is 1. The molecule has 1 aromatic rings. The van der Waals surface area contributed by atoms with Gasteiger partial charge in [-0.05, 0) is 32.0 Å². The summed E-state index contributed by atoms with van der Waals surface area (Å²) in [5, 5.41) is 19.5. The Morgan fingerprint density at radius 3 is 2.85 bits per heavy atom. The number of aromatic hydroxyl groups is 1. The topological polar surface area (TPSA) is 70.0 Å². The van der Waals surface area contributed by atoms with E-state index < -0.39 is 11.7 Å². The molecule has 5 nitrogen and oxygen atoms in total. The molecule has 110 valence electrons. The van der Waals surface area contributed by atoms with Gasteiger partial charge >= 0.3 is 0 Å². The van der Waals surface area contributed by atoms with E-state index >= 15 is 0 Å². The van der Waals surface area contributed by atoms with E-state index in [1.54, 1.807) is 11.0 Å². The number of phenols is 1. The molecule has 0 spiro atoms. The maximum absolute atomic E-state index is 12.5. The molecule has 1 unspecified atom stereocenters. The maximum Gasteiger partial charge on any atom is 0.257 e. The van der Waals surface area contributed by atoms with Crippen molar-refractivity contribution in [2.45, 2.75) is 25.6 Å². The van der Waals surface area contributed by atoms with Gasteiger partial charge in [-0.25, -0.2) is 0 Å². The van der Waals surface area contributed by atoms with Crippen LogP contribution in [-0.2, 0) is 4.74 Å². The molecule has 2 N–H and O–H groups in total. The highest BCUT2D eigenvalue weighted by molar-refractivity contribution is 6.30. The number of hydrogen-bond donors (Lipinski definition) is 2. The average molecular weight is 300 g/mol. The lowest BCUT2D eigenvalue weighted by Crippen LogP contribution is -2.55. The Kier molecular flexibility index (Phi) is 4.22. The number of aliphatic hydroxyl groups excluding tert-OH is 1. The van der Waals surface area contributed by atoms with Crippen molar-refractivity contribution < 1.29 is 19.7 Å². The summed E-state index contributed by atoms with van der Waals surface area (Å²) in [5.41, 5.74) is -0.340. The molecule has 0 radical (unpaired) electrons. The zero-order valence-corrected chi connectivity index (χ0v) is 12.2. The summed E-state index contributed by atoms with van der Waals surface area (Å²) in [6, 6.07) is 4.39. The van der Waals surface area contributed by atoms with Crippen LogP contribution in [-0.4, -0.2) is 52.4 Å². The molecule has 6 heteroatoms. The first-order valence-electron chi connectivity index (χ1n) is 6.39. The summed E-state index contributed by atoms with van der Waals surface area (Å²) in [7, 11) is 0. The van der Waals surface area contributed by atoms with Crippen LogP contribution >= 0.6 is 11.6 Å². The molecule has 1 aliphatic heterocycles. The van der Waals surface area contributed by atoms with E-state index in [1.807, 2.05) is 13.8 Å². The van der Waals surface area contributed by atoms with E-state index in [9.17, 15) is 15.0 Å². The molecule has 1 heterocycles. The molecule has 1 atom stereocenters. The van der Waals surface area contributed by atoms with Crippen LogP contribution in [0.4, 0.5) is 0 Å². The van der Waals surface area contributed by atoms with Crippen LogP contribution in [0.3, 0.4) is 0 Å². The van der Waals surface area contributed by atoms with Gasteiger partial charge in [0.1, 0.15) is 5.75 Å². The van der Waals surface area contributed by atoms with Crippen molar-refractivity contribution in [3.8, 4) is 5.75 Å². The molecule has 0 bridgehead atoms. The number of nitrogens with zero attached hydrogens (tertiary/aromatic N) is 1. The lowest BCUT2D eigenvalue weighted by Gasteiger charge is -2.42. The maximum atomic E-state index is 12.5. The Balaban J connectivity index is 2.23. The molecule has 0 aliphatic carbocycles. The van der Waals surface area contributed by atoms with Gasteiger partial charge in [-0.3, -0.25) is 4.79 Å². The summed E-state index contributed by atoms with van der Waals surface area (Å²) < 4.78 is 5.66. The van der Waals surface area contributed by atoms with Gasteiger partial charge in [-0.15, -0.1) is 0 Å². The van der Waals surface area contributed by atoms with Crippen LogP contribution in [0.25, 0.3) is 0 Å². The Hall–Kier alpha value is -1.30. The molecule has 2 rings (SSSR count). The third-order valence-corrected chi connectivity index (χ3v) is 3.40. The minimum atomic E-state index is -0.538. The molecule has 1 aliphatic rings. The fraction of sp³-hybridized carbons (Fsp3) is 0.500. The number of rotatable bonds is 2. The minimum Gasteiger partial charge on any atom is -0.507 e. The second-order valence-corrected chi connectivity index (χ2v) is 5.97. The first-order valence-corrected chi connectivity index (χ1v) is 6.76. The minimum absolute atomic E-state index is 0.146. The Labute approximate surface area is 122 Å². The van der Waals surface area contributed by atoms with Crippen LogP contribution in [0.15, 0.2) is 18.2 Å². The lowest BCUT2D eigenvalue weighted by molar-refractivity contribution is -0.139. The van der Waals surface area contributed by atoms with Gasteiger partial charge in [-0.2, -0.15) is 0 Å². The van der Waals surface area contributed by atoms with Crippen molar-refractivity contribution in [2.75, 3.05) is 19.7 Å². The summed E-state index contributed by atoms with van der Waals surface area (Å²) in [6.45, 7) is 4.25. The number of aliphatic hydroxyl groups is 1. The van der Waals surface area contributed by atoms with E-state index in [2.05, 4.69) is 0 Å². The predicted octanol–water partition coefficient (Wildman–Crippen LogP) is 1.66. The molecule has 0 saturated carbocycles. The van der Waals surface area contributed by atoms with Crippen LogP contribution in [0.5, 0.6) is 5.75 Å². The molecule has 0 aromatic heterocycles. The van der Waals surface area contributed by atoms with Crippen molar-refractivity contribution in [1.82, 2.24) is 4.90 Å². The average Bonchev–Trinajstić information content (AvgIpc) is 2.36. The van der Waals surface area contributed by atoms with Gasteiger partial charge < -0.3 is 19.8 Å². The highest BCUT2D eigenvalue weighted by atomic mass is 35.5. The highest BCUT2D eigenvalue weighted by Crippen LogP contribution is 2.27. The van der Waals surface area contributed by atoms with Crippen LogP contribution < -0.4 is 0 Å². The van der Waals surface area contributed by atoms with Gasteiger partial charge in [0.25, 0.3) is 5.91 Å². The van der Waals surface area contributed by atoms with Gasteiger partial charge in [0.2, 0.25) is 0 Å². The number of hydrogen-bond acceptors (Lipinski definition) is 4. The summed E-state index contributed by atoms with van der Waals surface area (Å²) in [4.78, 5) is 14.0. The third kappa shape index (κ3) is 3.23. The fourth-order valence-electron chi connectivity index (χ4n) is 2.40. The predicted molar refractivity (Wildman–Crippen MR) is 75.1 cm³/mol. The Morgan fingerprint density at radius 1 is 1.55 bits per heavy atom. The molecular formula is C14H18ClNO4. The van der Waals surface area contributed by atoms with E-state index in [0.29, 0.717) is 18.1 Å². The molecular weight excluding hydrogens is 282 g/mol. The monoisotopic (exact) mass is 299 g/mol. The molecule has 1 aromatic carbocycles. The normalized spacial score (nSPS) is 21.8. The van der Waals surface area contributed by atoms with Crippen molar-refractivity contribution in [1.29, 1.82) is 0 Å². The molecule has 1 fully saturated rings. The second kappa shape index (κ2) is 5.60. The Morgan fingerprint density at radius 2 is 2.25 bits per heavy atom. The van der Waals surface area contributed by atoms with Crippen LogP contribution in [0, 0.1) is 0 Å². The molecule has 1 amide bonds. The number of morpholine rings is 1. The number of carbonyl (C=O) groups is 1. The second-order valence-electron chi connectivity index (χ2n) is 5.53. The van der Waals surface area contributed by atoms with E-state index in [1.165, 1.54) is 12.1 Å². The third-order valence-electron chi connectivity index (χ3n) is 3.16. The largest absolute Gasteiger partial charge is 0.507 e. The van der Waals surface area contributed by atoms with Crippen molar-refractivity contribution >= 4 is 17.5 Å². The van der Waals surface area contributed by atoms with Gasteiger partial charge in [0, 0.05) is 18.1 Å². The first-order chi connectivity index (χ1) is 9.32. The molecule has 1 saturated heterocycles. The number of phenolic OH excluding ortho intramolecular Hbond substituents is 1. The zero-order valence-electron chi connectivity index (χ0n) is 11.5. The zero-order chi connectivity index (χ0) is 14.9. The van der Waals surface area contributed by atoms with Crippen LogP contribution in [0.2, 0.25) is 5.02 Å². The first kappa shape index (κ1) is 15.1. The number of ether oxygens (including phenoxy) is 1. The van der Waals surface area contributed by atoms with Gasteiger partial charge in [0.15, 0.2) is 0 Å². The lowest BCUT2D eigenvalue weighted by atomic mass is 10.0. The van der Waals surface area contributed by atoms with Gasteiger partial charge in [-0.1, -0.05) is 11.6 Å². The summed E-state index contributed by atoms with van der Waals surface area (Å²) in [6.07, 6.45) is -0.419. The Bertz CT molecular complexity index is 518. The quantitative estimate of drug-likeness (QED) is 0.871. The van der Waals surface area contributed by atoms with E-state index in [4.69, 9.17) is 16.3 Å².